The fraction of sp³-hybridized carbons (Fsp3) is 0.353. The highest BCUT2D eigenvalue weighted by Crippen LogP contribution is 2.35. The van der Waals surface area contributed by atoms with Crippen molar-refractivity contribution in [1.29, 1.82) is 0 Å². The summed E-state index contributed by atoms with van der Waals surface area (Å²) in [6.07, 6.45) is 3.16. The van der Waals surface area contributed by atoms with Gasteiger partial charge in [-0.1, -0.05) is 35.9 Å². The van der Waals surface area contributed by atoms with Gasteiger partial charge < -0.3 is 0 Å². The van der Waals surface area contributed by atoms with Crippen LogP contribution in [0.1, 0.15) is 29.3 Å². The molecular weight excluding hydrogens is 330 g/mol. The van der Waals surface area contributed by atoms with Crippen LogP contribution in [0.3, 0.4) is 0 Å². The minimum absolute atomic E-state index is 0.0306. The van der Waals surface area contributed by atoms with Gasteiger partial charge in [0.2, 0.25) is 0 Å². The molecule has 2 aromatic heterocycles. The van der Waals surface area contributed by atoms with Crippen LogP contribution in [0.4, 0.5) is 0 Å². The summed E-state index contributed by atoms with van der Waals surface area (Å²) in [5.74, 6) is 0.680. The molecule has 4 nitrogen and oxygen atoms in total. The predicted octanol–water partition coefficient (Wildman–Crippen LogP) is 3.68. The molecule has 2 heterocycles. The van der Waals surface area contributed by atoms with Crippen LogP contribution in [0, 0.1) is 5.92 Å². The van der Waals surface area contributed by atoms with Gasteiger partial charge in [0.25, 0.3) is 5.56 Å². The number of aromatic nitrogens is 3. The Bertz CT molecular complexity index is 929. The first-order valence-corrected chi connectivity index (χ1v) is 8.94. The Kier molecular flexibility index (Phi) is 3.70. The maximum Gasteiger partial charge on any atom is 0.279 e. The zero-order chi connectivity index (χ0) is 16.0. The summed E-state index contributed by atoms with van der Waals surface area (Å²) in [7, 11) is 0. The molecule has 0 amide bonds. The number of benzene rings is 1. The van der Waals surface area contributed by atoms with Crippen LogP contribution in [0.25, 0.3) is 10.2 Å². The monoisotopic (exact) mass is 345 g/mol. The van der Waals surface area contributed by atoms with Gasteiger partial charge in [-0.15, -0.1) is 16.4 Å². The molecule has 0 spiro atoms. The number of rotatable bonds is 2. The van der Waals surface area contributed by atoms with Crippen LogP contribution < -0.4 is 5.56 Å². The molecule has 0 fully saturated rings. The Balaban J connectivity index is 1.78. The zero-order valence-corrected chi connectivity index (χ0v) is 14.3. The first-order valence-electron chi connectivity index (χ1n) is 7.74. The van der Waals surface area contributed by atoms with E-state index >= 15 is 0 Å². The van der Waals surface area contributed by atoms with Gasteiger partial charge in [0.1, 0.15) is 0 Å². The van der Waals surface area contributed by atoms with Crippen LogP contribution in [0.5, 0.6) is 0 Å². The highest BCUT2D eigenvalue weighted by molar-refractivity contribution is 7.18. The largest absolute Gasteiger partial charge is 0.279 e. The standard InChI is InChI=1S/C17H16ClN3OS/c1-10-2-7-13-14(8-10)23-16-15(13)17(22)21(20-19-16)9-11-3-5-12(18)6-4-11/h3-6,10H,2,7-9H2,1H3. The van der Waals surface area contributed by atoms with E-state index in [1.54, 1.807) is 11.3 Å². The maximum absolute atomic E-state index is 12.9. The number of hydrogen-bond donors (Lipinski definition) is 0. The minimum atomic E-state index is -0.0306. The van der Waals surface area contributed by atoms with Crippen molar-refractivity contribution in [1.82, 2.24) is 15.0 Å². The smallest absolute Gasteiger partial charge is 0.267 e. The van der Waals surface area contributed by atoms with Crippen molar-refractivity contribution in [3.8, 4) is 0 Å². The second-order valence-electron chi connectivity index (χ2n) is 6.21. The summed E-state index contributed by atoms with van der Waals surface area (Å²) in [4.78, 5) is 14.9. The molecule has 0 radical (unpaired) electrons. The van der Waals surface area contributed by atoms with E-state index in [1.165, 1.54) is 15.1 Å². The lowest BCUT2D eigenvalue weighted by molar-refractivity contribution is 0.508. The van der Waals surface area contributed by atoms with E-state index in [1.807, 2.05) is 24.3 Å². The predicted molar refractivity (Wildman–Crippen MR) is 93.4 cm³/mol. The Labute approximate surface area is 142 Å². The summed E-state index contributed by atoms with van der Waals surface area (Å²) < 4.78 is 1.45. The Morgan fingerprint density at radius 2 is 2.13 bits per heavy atom. The SMILES string of the molecule is CC1CCc2c(sc3nnn(Cc4ccc(Cl)cc4)c(=O)c23)C1. The highest BCUT2D eigenvalue weighted by atomic mass is 35.5. The lowest BCUT2D eigenvalue weighted by Gasteiger charge is -2.17. The van der Waals surface area contributed by atoms with Gasteiger partial charge in [0.15, 0.2) is 4.83 Å². The molecule has 23 heavy (non-hydrogen) atoms. The first-order chi connectivity index (χ1) is 11.1. The van der Waals surface area contributed by atoms with Gasteiger partial charge in [-0.2, -0.15) is 0 Å². The van der Waals surface area contributed by atoms with Crippen molar-refractivity contribution in [3.05, 3.63) is 55.6 Å². The molecule has 6 heteroatoms. The third kappa shape index (κ3) is 2.68. The molecule has 1 aromatic carbocycles. The van der Waals surface area contributed by atoms with Crippen molar-refractivity contribution in [2.24, 2.45) is 5.92 Å². The van der Waals surface area contributed by atoms with E-state index < -0.39 is 0 Å². The maximum atomic E-state index is 12.9. The quantitative estimate of drug-likeness (QED) is 0.711. The summed E-state index contributed by atoms with van der Waals surface area (Å²) in [5, 5.41) is 9.87. The molecule has 1 unspecified atom stereocenters. The van der Waals surface area contributed by atoms with Gasteiger partial charge in [-0.05, 0) is 48.4 Å². The van der Waals surface area contributed by atoms with E-state index in [2.05, 4.69) is 17.2 Å². The number of aryl methyl sites for hydroxylation is 1. The number of nitrogens with zero attached hydrogens (tertiary/aromatic N) is 3. The average molecular weight is 346 g/mol. The highest BCUT2D eigenvalue weighted by Gasteiger charge is 2.23. The van der Waals surface area contributed by atoms with Crippen molar-refractivity contribution < 1.29 is 0 Å². The van der Waals surface area contributed by atoms with Crippen LogP contribution in [0.2, 0.25) is 5.02 Å². The van der Waals surface area contributed by atoms with Crippen LogP contribution in [-0.4, -0.2) is 15.0 Å². The molecule has 1 aliphatic rings. The van der Waals surface area contributed by atoms with Gasteiger partial charge >= 0.3 is 0 Å². The van der Waals surface area contributed by atoms with E-state index in [4.69, 9.17) is 11.6 Å². The second-order valence-corrected chi connectivity index (χ2v) is 7.73. The Hall–Kier alpha value is -1.72. The third-order valence-corrected chi connectivity index (χ3v) is 5.82. The van der Waals surface area contributed by atoms with E-state index in [0.717, 1.165) is 35.0 Å². The van der Waals surface area contributed by atoms with Gasteiger partial charge in [0, 0.05) is 9.90 Å². The number of hydrogen-bond acceptors (Lipinski definition) is 4. The van der Waals surface area contributed by atoms with E-state index in [9.17, 15) is 4.79 Å². The van der Waals surface area contributed by atoms with Gasteiger partial charge in [-0.25, -0.2) is 4.68 Å². The van der Waals surface area contributed by atoms with E-state index in [-0.39, 0.29) is 5.56 Å². The molecule has 0 bridgehead atoms. The number of thiophene rings is 1. The summed E-state index contributed by atoms with van der Waals surface area (Å²) in [6, 6.07) is 7.46. The second kappa shape index (κ2) is 5.73. The molecule has 0 N–H and O–H groups in total. The molecule has 118 valence electrons. The fourth-order valence-electron chi connectivity index (χ4n) is 3.16. The van der Waals surface area contributed by atoms with E-state index in [0.29, 0.717) is 17.5 Å². The number of halogens is 1. The minimum Gasteiger partial charge on any atom is -0.267 e. The van der Waals surface area contributed by atoms with Crippen molar-refractivity contribution >= 4 is 33.2 Å². The first kappa shape index (κ1) is 14.8. The number of fused-ring (bicyclic) bond motifs is 3. The zero-order valence-electron chi connectivity index (χ0n) is 12.8. The van der Waals surface area contributed by atoms with Gasteiger partial charge in [-0.3, -0.25) is 4.79 Å². The van der Waals surface area contributed by atoms with Crippen molar-refractivity contribution in [2.75, 3.05) is 0 Å². The molecule has 1 aliphatic carbocycles. The topological polar surface area (TPSA) is 47.8 Å². The summed E-state index contributed by atoms with van der Waals surface area (Å²) in [5.41, 5.74) is 2.16. The molecule has 4 rings (SSSR count). The lowest BCUT2D eigenvalue weighted by Crippen LogP contribution is -2.25. The molecule has 3 aromatic rings. The lowest BCUT2D eigenvalue weighted by atomic mass is 9.89. The Morgan fingerprint density at radius 3 is 2.91 bits per heavy atom. The Morgan fingerprint density at radius 1 is 1.35 bits per heavy atom. The molecule has 0 saturated heterocycles. The third-order valence-electron chi connectivity index (χ3n) is 4.43. The molecule has 1 atom stereocenters. The van der Waals surface area contributed by atoms with Crippen LogP contribution in [-0.2, 0) is 19.4 Å². The summed E-state index contributed by atoms with van der Waals surface area (Å²) >= 11 is 7.54. The normalized spacial score (nSPS) is 17.4. The molecule has 0 saturated carbocycles. The van der Waals surface area contributed by atoms with Crippen LogP contribution >= 0.6 is 22.9 Å². The average Bonchev–Trinajstić information content (AvgIpc) is 2.90. The van der Waals surface area contributed by atoms with Crippen LogP contribution in [0.15, 0.2) is 29.1 Å². The fourth-order valence-corrected chi connectivity index (χ4v) is 4.60. The summed E-state index contributed by atoms with van der Waals surface area (Å²) in [6.45, 7) is 2.68. The van der Waals surface area contributed by atoms with Crippen molar-refractivity contribution in [3.63, 3.8) is 0 Å². The van der Waals surface area contributed by atoms with Crippen molar-refractivity contribution in [2.45, 2.75) is 32.7 Å². The molecular formula is C17H16ClN3OS. The molecule has 0 aliphatic heterocycles. The van der Waals surface area contributed by atoms with Gasteiger partial charge in [0.05, 0.1) is 11.9 Å².